The van der Waals surface area contributed by atoms with Crippen molar-refractivity contribution in [2.24, 2.45) is 0 Å². The number of amides is 2. The van der Waals surface area contributed by atoms with Gasteiger partial charge in [-0.05, 0) is 57.2 Å². The molecule has 0 bridgehead atoms. The first-order valence-corrected chi connectivity index (χ1v) is 8.03. The van der Waals surface area contributed by atoms with Crippen molar-refractivity contribution in [3.05, 3.63) is 59.7 Å². The van der Waals surface area contributed by atoms with Crippen molar-refractivity contribution in [3.63, 3.8) is 0 Å². The Morgan fingerprint density at radius 1 is 0.852 bits per heavy atom. The van der Waals surface area contributed by atoms with Crippen LogP contribution in [0.3, 0.4) is 0 Å². The zero-order valence-electron chi connectivity index (χ0n) is 15.0. The molecule has 0 spiro atoms. The summed E-state index contributed by atoms with van der Waals surface area (Å²) in [6.07, 6.45) is -5.27. The van der Waals surface area contributed by atoms with Gasteiger partial charge in [0.05, 0.1) is 11.1 Å². The van der Waals surface area contributed by atoms with E-state index in [1.54, 1.807) is 20.8 Å². The van der Waals surface area contributed by atoms with Crippen molar-refractivity contribution in [1.29, 1.82) is 0 Å². The predicted molar refractivity (Wildman–Crippen MR) is 95.7 cm³/mol. The maximum absolute atomic E-state index is 13.0. The molecule has 0 aliphatic heterocycles. The van der Waals surface area contributed by atoms with Crippen molar-refractivity contribution >= 4 is 23.4 Å². The van der Waals surface area contributed by atoms with E-state index in [9.17, 15) is 22.8 Å². The Morgan fingerprint density at radius 2 is 1.37 bits per heavy atom. The van der Waals surface area contributed by atoms with Gasteiger partial charge in [-0.2, -0.15) is 13.2 Å². The molecule has 0 aromatic heterocycles. The molecule has 2 aromatic carbocycles. The van der Waals surface area contributed by atoms with Gasteiger partial charge in [0.1, 0.15) is 5.60 Å². The molecule has 0 heterocycles. The molecule has 2 N–H and O–H groups in total. The number of alkyl halides is 3. The van der Waals surface area contributed by atoms with Crippen molar-refractivity contribution < 1.29 is 27.5 Å². The normalized spacial score (nSPS) is 11.6. The Labute approximate surface area is 154 Å². The molecule has 0 radical (unpaired) electrons. The van der Waals surface area contributed by atoms with E-state index < -0.39 is 34.9 Å². The van der Waals surface area contributed by atoms with Gasteiger partial charge in [-0.25, -0.2) is 4.79 Å². The smallest absolute Gasteiger partial charge is 0.417 e. The Morgan fingerprint density at radius 3 is 1.89 bits per heavy atom. The molecule has 0 unspecified atom stereocenters. The minimum Gasteiger partial charge on any atom is -0.444 e. The van der Waals surface area contributed by atoms with Crippen molar-refractivity contribution in [1.82, 2.24) is 0 Å². The number of rotatable bonds is 3. The van der Waals surface area contributed by atoms with Crippen LogP contribution in [0.4, 0.5) is 29.3 Å². The fourth-order valence-corrected chi connectivity index (χ4v) is 2.19. The number of hydrogen-bond donors (Lipinski definition) is 2. The first-order valence-electron chi connectivity index (χ1n) is 8.03. The molecule has 5 nitrogen and oxygen atoms in total. The zero-order valence-corrected chi connectivity index (χ0v) is 15.0. The van der Waals surface area contributed by atoms with Crippen LogP contribution in [0.2, 0.25) is 0 Å². The summed E-state index contributed by atoms with van der Waals surface area (Å²) in [4.78, 5) is 23.9. The van der Waals surface area contributed by atoms with Gasteiger partial charge < -0.3 is 10.1 Å². The highest BCUT2D eigenvalue weighted by Crippen LogP contribution is 2.32. The highest BCUT2D eigenvalue weighted by Gasteiger charge is 2.34. The summed E-state index contributed by atoms with van der Waals surface area (Å²) in [5, 5.41) is 4.92. The van der Waals surface area contributed by atoms with Crippen molar-refractivity contribution in [2.75, 3.05) is 10.6 Å². The van der Waals surface area contributed by atoms with Crippen LogP contribution in [0.1, 0.15) is 36.7 Å². The lowest BCUT2D eigenvalue weighted by atomic mass is 10.1. The third-order valence-corrected chi connectivity index (χ3v) is 3.27. The highest BCUT2D eigenvalue weighted by atomic mass is 19.4. The number of benzene rings is 2. The summed E-state index contributed by atoms with van der Waals surface area (Å²) in [5.41, 5.74) is -1.43. The SMILES string of the molecule is CC(C)(C)OC(=O)Nc1ccc(NC(=O)c2ccccc2C(F)(F)F)cc1. The fourth-order valence-electron chi connectivity index (χ4n) is 2.19. The van der Waals surface area contributed by atoms with E-state index in [2.05, 4.69) is 10.6 Å². The summed E-state index contributed by atoms with van der Waals surface area (Å²) < 4.78 is 44.1. The van der Waals surface area contributed by atoms with E-state index in [-0.39, 0.29) is 5.69 Å². The molecule has 0 fully saturated rings. The van der Waals surface area contributed by atoms with E-state index in [1.165, 1.54) is 36.4 Å². The van der Waals surface area contributed by atoms with Gasteiger partial charge in [0.2, 0.25) is 0 Å². The van der Waals surface area contributed by atoms with Crippen LogP contribution >= 0.6 is 0 Å². The number of carbonyl (C=O) groups is 2. The molecule has 0 atom stereocenters. The molecule has 2 rings (SSSR count). The fraction of sp³-hybridized carbons (Fsp3) is 0.263. The average molecular weight is 380 g/mol. The average Bonchev–Trinajstić information content (AvgIpc) is 2.54. The standard InChI is InChI=1S/C19H19F3N2O3/c1-18(2,3)27-17(26)24-13-10-8-12(9-11-13)23-16(25)14-6-4-5-7-15(14)19(20,21)22/h4-11H,1-3H3,(H,23,25)(H,24,26). The number of nitrogens with one attached hydrogen (secondary N) is 2. The quantitative estimate of drug-likeness (QED) is 0.759. The van der Waals surface area contributed by atoms with Gasteiger partial charge >= 0.3 is 12.3 Å². The van der Waals surface area contributed by atoms with E-state index in [4.69, 9.17) is 4.74 Å². The lowest BCUT2D eigenvalue weighted by Crippen LogP contribution is -2.27. The number of ether oxygens (including phenoxy) is 1. The van der Waals surface area contributed by atoms with Gasteiger partial charge in [-0.1, -0.05) is 12.1 Å². The Kier molecular flexibility index (Phi) is 5.78. The predicted octanol–water partition coefficient (Wildman–Crippen LogP) is 5.30. The minimum atomic E-state index is -4.63. The third kappa shape index (κ3) is 6.02. The number of anilines is 2. The Bertz CT molecular complexity index is 825. The first kappa shape index (κ1) is 20.3. The Balaban J connectivity index is 2.07. The molecule has 0 aliphatic carbocycles. The number of carbonyl (C=O) groups excluding carboxylic acids is 2. The molecule has 144 valence electrons. The molecule has 0 aliphatic rings. The second-order valence-electron chi connectivity index (χ2n) is 6.70. The van der Waals surface area contributed by atoms with E-state index >= 15 is 0 Å². The van der Waals surface area contributed by atoms with Crippen LogP contribution in [-0.4, -0.2) is 17.6 Å². The lowest BCUT2D eigenvalue weighted by Gasteiger charge is -2.19. The zero-order chi connectivity index (χ0) is 20.2. The summed E-state index contributed by atoms with van der Waals surface area (Å²) in [6, 6.07) is 10.4. The number of hydrogen-bond acceptors (Lipinski definition) is 3. The van der Waals surface area contributed by atoms with Gasteiger partial charge in [0.15, 0.2) is 0 Å². The molecule has 8 heteroatoms. The van der Waals surface area contributed by atoms with Gasteiger partial charge in [-0.3, -0.25) is 10.1 Å². The molecule has 2 aromatic rings. The molecular formula is C19H19F3N2O3. The van der Waals surface area contributed by atoms with Crippen LogP contribution in [0, 0.1) is 0 Å². The second-order valence-corrected chi connectivity index (χ2v) is 6.70. The van der Waals surface area contributed by atoms with Crippen LogP contribution in [0.5, 0.6) is 0 Å². The van der Waals surface area contributed by atoms with Crippen LogP contribution in [-0.2, 0) is 10.9 Å². The summed E-state index contributed by atoms with van der Waals surface area (Å²) in [6.45, 7) is 5.18. The van der Waals surface area contributed by atoms with Gasteiger partial charge in [0.25, 0.3) is 5.91 Å². The first-order chi connectivity index (χ1) is 12.5. The maximum Gasteiger partial charge on any atom is 0.417 e. The van der Waals surface area contributed by atoms with E-state index in [1.807, 2.05) is 0 Å². The molecule has 2 amide bonds. The summed E-state index contributed by atoms with van der Waals surface area (Å²) in [7, 11) is 0. The van der Waals surface area contributed by atoms with Gasteiger partial charge in [0, 0.05) is 11.4 Å². The maximum atomic E-state index is 13.0. The second kappa shape index (κ2) is 7.69. The van der Waals surface area contributed by atoms with Crippen LogP contribution in [0.25, 0.3) is 0 Å². The lowest BCUT2D eigenvalue weighted by molar-refractivity contribution is -0.137. The molecule has 0 saturated carbocycles. The summed E-state index contributed by atoms with van der Waals surface area (Å²) >= 11 is 0. The summed E-state index contributed by atoms with van der Waals surface area (Å²) in [5.74, 6) is -0.879. The monoisotopic (exact) mass is 380 g/mol. The minimum absolute atomic E-state index is 0.284. The Hall–Kier alpha value is -3.03. The largest absolute Gasteiger partial charge is 0.444 e. The topological polar surface area (TPSA) is 67.4 Å². The van der Waals surface area contributed by atoms with Crippen molar-refractivity contribution in [3.8, 4) is 0 Å². The number of halogens is 3. The molecule has 0 saturated heterocycles. The van der Waals surface area contributed by atoms with E-state index in [0.29, 0.717) is 5.69 Å². The molecular weight excluding hydrogens is 361 g/mol. The third-order valence-electron chi connectivity index (χ3n) is 3.27. The molecule has 27 heavy (non-hydrogen) atoms. The van der Waals surface area contributed by atoms with Gasteiger partial charge in [-0.15, -0.1) is 0 Å². The van der Waals surface area contributed by atoms with Crippen molar-refractivity contribution in [2.45, 2.75) is 32.5 Å². The van der Waals surface area contributed by atoms with Crippen LogP contribution < -0.4 is 10.6 Å². The van der Waals surface area contributed by atoms with Crippen LogP contribution in [0.15, 0.2) is 48.5 Å². The highest BCUT2D eigenvalue weighted by molar-refractivity contribution is 6.05. The van der Waals surface area contributed by atoms with E-state index in [0.717, 1.165) is 12.1 Å².